The predicted octanol–water partition coefficient (Wildman–Crippen LogP) is 6.58. The normalized spacial score (nSPS) is 14.8. The van der Waals surface area contributed by atoms with Gasteiger partial charge in [-0.2, -0.15) is 5.10 Å². The Bertz CT molecular complexity index is 1120. The molecule has 1 aliphatic rings. The number of aromatic nitrogens is 2. The van der Waals surface area contributed by atoms with Gasteiger partial charge in [0.1, 0.15) is 0 Å². The van der Waals surface area contributed by atoms with E-state index in [1.54, 1.807) is 16.8 Å². The van der Waals surface area contributed by atoms with Gasteiger partial charge in [-0.1, -0.05) is 57.3 Å². The van der Waals surface area contributed by atoms with Crippen LogP contribution >= 0.6 is 39.1 Å². The first-order valence-corrected chi connectivity index (χ1v) is 10.7. The number of hydrogen-bond acceptors (Lipinski definition) is 2. The number of allylic oxidation sites excluding steroid dienone is 1. The van der Waals surface area contributed by atoms with E-state index >= 15 is 0 Å². The Morgan fingerprint density at radius 3 is 2.62 bits per heavy atom. The monoisotopic (exact) mass is 490 g/mol. The molecule has 1 N–H and O–H groups in total. The van der Waals surface area contributed by atoms with Crippen molar-refractivity contribution in [2.75, 3.05) is 0 Å². The Kier molecular flexibility index (Phi) is 5.81. The number of benzene rings is 2. The molecule has 0 saturated carbocycles. The van der Waals surface area contributed by atoms with Gasteiger partial charge in [0.15, 0.2) is 5.69 Å². The summed E-state index contributed by atoms with van der Waals surface area (Å²) < 4.78 is 2.78. The summed E-state index contributed by atoms with van der Waals surface area (Å²) in [5.74, 6) is -1.01. The lowest BCUT2D eigenvalue weighted by molar-refractivity contribution is 0.0688. The van der Waals surface area contributed by atoms with E-state index in [0.717, 1.165) is 45.3 Å². The average Bonchev–Trinajstić information content (AvgIpc) is 3.06. The smallest absolute Gasteiger partial charge is 0.356 e. The zero-order valence-corrected chi connectivity index (χ0v) is 18.4. The van der Waals surface area contributed by atoms with Crippen LogP contribution in [0.25, 0.3) is 11.6 Å². The van der Waals surface area contributed by atoms with E-state index in [1.165, 1.54) is 0 Å². The SMILES string of the molecule is O=C(O)c1nn(Cc2ccc(Cl)cc2Cl)c2c1CCC/C2=C\c1ccc(Br)cc1. The van der Waals surface area contributed by atoms with Gasteiger partial charge in [-0.15, -0.1) is 0 Å². The standard InChI is InChI=1S/C22H17BrCl2N2O2/c23-16-7-4-13(5-8-16)10-14-2-1-3-18-20(22(28)29)26-27(21(14)18)12-15-6-9-17(24)11-19(15)25/h4-11H,1-3,12H2,(H,28,29)/b14-10+. The van der Waals surface area contributed by atoms with Crippen molar-refractivity contribution in [1.82, 2.24) is 9.78 Å². The summed E-state index contributed by atoms with van der Waals surface area (Å²) in [6.07, 6.45) is 4.56. The molecular weight excluding hydrogens is 475 g/mol. The molecule has 0 radical (unpaired) electrons. The lowest BCUT2D eigenvalue weighted by Crippen LogP contribution is -2.10. The van der Waals surface area contributed by atoms with Gasteiger partial charge in [0.25, 0.3) is 0 Å². The van der Waals surface area contributed by atoms with Gasteiger partial charge in [-0.25, -0.2) is 4.79 Å². The van der Waals surface area contributed by atoms with Crippen molar-refractivity contribution in [1.29, 1.82) is 0 Å². The third-order valence-corrected chi connectivity index (χ3v) is 6.09. The predicted molar refractivity (Wildman–Crippen MR) is 120 cm³/mol. The van der Waals surface area contributed by atoms with E-state index in [1.807, 2.05) is 30.3 Å². The van der Waals surface area contributed by atoms with Crippen LogP contribution in [0.4, 0.5) is 0 Å². The lowest BCUT2D eigenvalue weighted by Gasteiger charge is -2.18. The maximum Gasteiger partial charge on any atom is 0.356 e. The third-order valence-electron chi connectivity index (χ3n) is 4.98. The van der Waals surface area contributed by atoms with Crippen LogP contribution in [-0.4, -0.2) is 20.9 Å². The Hall–Kier alpha value is -2.08. The first-order chi connectivity index (χ1) is 13.9. The largest absolute Gasteiger partial charge is 0.476 e. The maximum atomic E-state index is 11.8. The van der Waals surface area contributed by atoms with Crippen molar-refractivity contribution in [3.63, 3.8) is 0 Å². The Morgan fingerprint density at radius 2 is 1.93 bits per heavy atom. The molecule has 2 aromatic carbocycles. The van der Waals surface area contributed by atoms with Gasteiger partial charge in [-0.05, 0) is 66.3 Å². The molecule has 7 heteroatoms. The fourth-order valence-electron chi connectivity index (χ4n) is 3.67. The molecule has 4 nitrogen and oxygen atoms in total. The highest BCUT2D eigenvalue weighted by Gasteiger charge is 2.27. The van der Waals surface area contributed by atoms with Crippen LogP contribution in [0.2, 0.25) is 10.0 Å². The second-order valence-corrected chi connectivity index (χ2v) is 8.71. The van der Waals surface area contributed by atoms with Crippen LogP contribution in [0, 0.1) is 0 Å². The van der Waals surface area contributed by atoms with Crippen molar-refractivity contribution in [2.45, 2.75) is 25.8 Å². The molecule has 0 atom stereocenters. The van der Waals surface area contributed by atoms with Gasteiger partial charge in [-0.3, -0.25) is 4.68 Å². The van der Waals surface area contributed by atoms with E-state index in [4.69, 9.17) is 23.2 Å². The number of nitrogens with zero attached hydrogens (tertiary/aromatic N) is 2. The summed E-state index contributed by atoms with van der Waals surface area (Å²) in [6, 6.07) is 13.3. The van der Waals surface area contributed by atoms with Crippen LogP contribution in [0.3, 0.4) is 0 Å². The second-order valence-electron chi connectivity index (χ2n) is 6.95. The average molecular weight is 492 g/mol. The third kappa shape index (κ3) is 4.27. The zero-order valence-electron chi connectivity index (χ0n) is 15.3. The van der Waals surface area contributed by atoms with Crippen molar-refractivity contribution >= 4 is 56.8 Å². The van der Waals surface area contributed by atoms with Gasteiger partial charge in [0.05, 0.1) is 12.2 Å². The first-order valence-electron chi connectivity index (χ1n) is 9.16. The highest BCUT2D eigenvalue weighted by molar-refractivity contribution is 9.10. The summed E-state index contributed by atoms with van der Waals surface area (Å²) in [7, 11) is 0. The van der Waals surface area contributed by atoms with Crippen LogP contribution in [0.15, 0.2) is 46.9 Å². The van der Waals surface area contributed by atoms with Crippen molar-refractivity contribution in [2.24, 2.45) is 0 Å². The molecule has 1 aromatic heterocycles. The molecule has 0 amide bonds. The van der Waals surface area contributed by atoms with Crippen molar-refractivity contribution < 1.29 is 9.90 Å². The zero-order chi connectivity index (χ0) is 20.5. The molecular formula is C22H17BrCl2N2O2. The van der Waals surface area contributed by atoms with Gasteiger partial charge in [0.2, 0.25) is 0 Å². The van der Waals surface area contributed by atoms with Crippen molar-refractivity contribution in [3.8, 4) is 0 Å². The molecule has 148 valence electrons. The van der Waals surface area contributed by atoms with E-state index in [9.17, 15) is 9.90 Å². The fraction of sp³-hybridized carbons (Fsp3) is 0.182. The molecule has 0 unspecified atom stereocenters. The molecule has 0 aliphatic heterocycles. The highest BCUT2D eigenvalue weighted by Crippen LogP contribution is 2.35. The first kappa shape index (κ1) is 20.2. The summed E-state index contributed by atoms with van der Waals surface area (Å²) >= 11 is 15.8. The van der Waals surface area contributed by atoms with Gasteiger partial charge < -0.3 is 5.11 Å². The van der Waals surface area contributed by atoms with E-state index in [-0.39, 0.29) is 5.69 Å². The molecule has 3 aromatic rings. The number of carboxylic acids is 1. The minimum atomic E-state index is -1.01. The molecule has 29 heavy (non-hydrogen) atoms. The quantitative estimate of drug-likeness (QED) is 0.448. The highest BCUT2D eigenvalue weighted by atomic mass is 79.9. The second kappa shape index (κ2) is 8.34. The van der Waals surface area contributed by atoms with Gasteiger partial charge in [0, 0.05) is 20.1 Å². The number of carboxylic acid groups (broad SMARTS) is 1. The number of fused-ring (bicyclic) bond motifs is 1. The lowest BCUT2D eigenvalue weighted by atomic mass is 9.90. The number of halogens is 3. The molecule has 0 bridgehead atoms. The molecule has 0 fully saturated rings. The minimum Gasteiger partial charge on any atom is -0.476 e. The number of carbonyl (C=O) groups is 1. The molecule has 0 spiro atoms. The molecule has 4 rings (SSSR count). The molecule has 0 saturated heterocycles. The summed E-state index contributed by atoms with van der Waals surface area (Å²) in [6.45, 7) is 0.378. The van der Waals surface area contributed by atoms with Crippen LogP contribution < -0.4 is 0 Å². The summed E-state index contributed by atoms with van der Waals surface area (Å²) in [5, 5.41) is 15.2. The summed E-state index contributed by atoms with van der Waals surface area (Å²) in [4.78, 5) is 11.8. The van der Waals surface area contributed by atoms with Crippen molar-refractivity contribution in [3.05, 3.63) is 85.1 Å². The molecule has 1 aliphatic carbocycles. The van der Waals surface area contributed by atoms with Crippen LogP contribution in [-0.2, 0) is 13.0 Å². The maximum absolute atomic E-state index is 11.8. The topological polar surface area (TPSA) is 55.1 Å². The van der Waals surface area contributed by atoms with E-state index < -0.39 is 5.97 Å². The van der Waals surface area contributed by atoms with E-state index in [0.29, 0.717) is 23.0 Å². The van der Waals surface area contributed by atoms with Crippen LogP contribution in [0.1, 0.15) is 45.7 Å². The minimum absolute atomic E-state index is 0.117. The summed E-state index contributed by atoms with van der Waals surface area (Å²) in [5.41, 5.74) is 4.77. The Labute approximate surface area is 186 Å². The van der Waals surface area contributed by atoms with Gasteiger partial charge >= 0.3 is 5.97 Å². The fourth-order valence-corrected chi connectivity index (χ4v) is 4.40. The van der Waals surface area contributed by atoms with E-state index in [2.05, 4.69) is 27.1 Å². The van der Waals surface area contributed by atoms with Crippen LogP contribution in [0.5, 0.6) is 0 Å². The Balaban J connectivity index is 1.82. The number of rotatable bonds is 4. The number of aromatic carboxylic acids is 1. The number of hydrogen-bond donors (Lipinski definition) is 1. The Morgan fingerprint density at radius 1 is 1.17 bits per heavy atom. The molecule has 1 heterocycles.